The lowest BCUT2D eigenvalue weighted by Crippen LogP contribution is -2.02. The number of aromatic nitrogens is 1. The maximum atomic E-state index is 12.5. The highest BCUT2D eigenvalue weighted by Crippen LogP contribution is 2.33. The molecule has 0 aliphatic rings. The molecule has 0 unspecified atom stereocenters. The normalized spacial score (nSPS) is 11.6. The van der Waals surface area contributed by atoms with Crippen LogP contribution in [0, 0.1) is 11.3 Å². The first kappa shape index (κ1) is 22.6. The van der Waals surface area contributed by atoms with E-state index in [-0.39, 0.29) is 0 Å². The number of nitriles is 1. The van der Waals surface area contributed by atoms with Crippen molar-refractivity contribution in [2.24, 2.45) is 0 Å². The zero-order valence-electron chi connectivity index (χ0n) is 17.0. The molecule has 0 fully saturated rings. The van der Waals surface area contributed by atoms with Crippen LogP contribution in [0.15, 0.2) is 78.1 Å². The largest absolute Gasteiger partial charge is 0.457 e. The van der Waals surface area contributed by atoms with Crippen LogP contribution in [0.2, 0.25) is 10.0 Å². The molecule has 0 amide bonds. The Hall–Kier alpha value is -3.15. The molecule has 166 valence electrons. The molecule has 0 saturated heterocycles. The van der Waals surface area contributed by atoms with E-state index in [0.29, 0.717) is 54.6 Å². The number of benzene rings is 2. The molecular weight excluding hydrogens is 559 g/mol. The molecule has 0 bridgehead atoms. The summed E-state index contributed by atoms with van der Waals surface area (Å²) in [5, 5.41) is 13.7. The first-order valence-electron chi connectivity index (χ1n) is 9.78. The van der Waals surface area contributed by atoms with E-state index in [4.69, 9.17) is 32.0 Å². The molecule has 0 aliphatic heterocycles. The molecule has 0 aliphatic carbocycles. The van der Waals surface area contributed by atoms with Crippen LogP contribution in [0.5, 0.6) is 0 Å². The third-order valence-electron chi connectivity index (χ3n) is 4.93. The molecule has 0 radical (unpaired) electrons. The predicted molar refractivity (Wildman–Crippen MR) is 139 cm³/mol. The van der Waals surface area contributed by atoms with Crippen LogP contribution in [0.3, 0.4) is 0 Å². The summed E-state index contributed by atoms with van der Waals surface area (Å²) in [5.74, 6) is 0.977. The number of fused-ring (bicyclic) bond motifs is 1. The second-order valence-electron chi connectivity index (χ2n) is 7.16. The van der Waals surface area contributed by atoms with Crippen LogP contribution in [0.25, 0.3) is 45.2 Å². The van der Waals surface area contributed by atoms with Gasteiger partial charge in [-0.05, 0) is 54.6 Å². The number of nitrogens with zero attached hydrogens (tertiary/aromatic N) is 2. The highest BCUT2D eigenvalue weighted by molar-refractivity contribution is 9.10. The van der Waals surface area contributed by atoms with Gasteiger partial charge in [0.25, 0.3) is 0 Å². The zero-order chi connectivity index (χ0) is 23.8. The van der Waals surface area contributed by atoms with Crippen LogP contribution in [0.1, 0.15) is 10.8 Å². The minimum Gasteiger partial charge on any atom is -0.457 e. The molecule has 3 aromatic heterocycles. The summed E-state index contributed by atoms with van der Waals surface area (Å²) < 4.78 is 12.2. The number of rotatable bonds is 4. The molecule has 0 spiro atoms. The standard InChI is InChI=1S/C25H11BrCl2N2O3S/c26-15-1-5-22-13(7-15)9-19(25(31)33-22)21-12-34-24(30-21)14(11-29)8-17-3-6-23(32-17)18-10-16(27)2-4-20(18)28/h1-10,12H. The Morgan fingerprint density at radius 1 is 1.06 bits per heavy atom. The first-order chi connectivity index (χ1) is 16.4. The van der Waals surface area contributed by atoms with Crippen LogP contribution >= 0.6 is 50.5 Å². The zero-order valence-corrected chi connectivity index (χ0v) is 20.9. The summed E-state index contributed by atoms with van der Waals surface area (Å²) in [6.07, 6.45) is 1.59. The fraction of sp³-hybridized carbons (Fsp3) is 0. The van der Waals surface area contributed by atoms with E-state index in [2.05, 4.69) is 27.0 Å². The third-order valence-corrected chi connectivity index (χ3v) is 6.87. The Balaban J connectivity index is 1.49. The predicted octanol–water partition coefficient (Wildman–Crippen LogP) is 8.31. The average molecular weight is 570 g/mol. The lowest BCUT2D eigenvalue weighted by molar-refractivity contribution is 0.563. The van der Waals surface area contributed by atoms with Crippen molar-refractivity contribution in [2.45, 2.75) is 0 Å². The maximum Gasteiger partial charge on any atom is 0.345 e. The van der Waals surface area contributed by atoms with Gasteiger partial charge in [-0.15, -0.1) is 11.3 Å². The van der Waals surface area contributed by atoms with E-state index >= 15 is 0 Å². The molecule has 0 atom stereocenters. The summed E-state index contributed by atoms with van der Waals surface area (Å²) >= 11 is 17.0. The fourth-order valence-electron chi connectivity index (χ4n) is 3.34. The Bertz CT molecular complexity index is 1690. The van der Waals surface area contributed by atoms with Gasteiger partial charge in [-0.2, -0.15) is 5.26 Å². The van der Waals surface area contributed by atoms with E-state index in [1.807, 2.05) is 6.07 Å². The topological polar surface area (TPSA) is 80.0 Å². The van der Waals surface area contributed by atoms with Crippen LogP contribution < -0.4 is 5.63 Å². The van der Waals surface area contributed by atoms with Gasteiger partial charge in [-0.1, -0.05) is 39.1 Å². The van der Waals surface area contributed by atoms with E-state index < -0.39 is 5.63 Å². The van der Waals surface area contributed by atoms with E-state index in [1.165, 1.54) is 11.3 Å². The van der Waals surface area contributed by atoms with Gasteiger partial charge in [0.05, 0.1) is 21.9 Å². The summed E-state index contributed by atoms with van der Waals surface area (Å²) in [4.78, 5) is 17.0. The third kappa shape index (κ3) is 4.46. The second-order valence-corrected chi connectivity index (χ2v) is 9.78. The number of hydrogen-bond acceptors (Lipinski definition) is 6. The van der Waals surface area contributed by atoms with Crippen molar-refractivity contribution < 1.29 is 8.83 Å². The summed E-state index contributed by atoms with van der Waals surface area (Å²) in [7, 11) is 0. The van der Waals surface area contributed by atoms with Crippen LogP contribution in [-0.4, -0.2) is 4.98 Å². The molecule has 5 rings (SSSR count). The number of furan rings is 1. The van der Waals surface area contributed by atoms with Crippen molar-refractivity contribution in [3.8, 4) is 28.7 Å². The fourth-order valence-corrected chi connectivity index (χ4v) is 4.89. The summed E-state index contributed by atoms with van der Waals surface area (Å²) in [6.45, 7) is 0. The van der Waals surface area contributed by atoms with Crippen molar-refractivity contribution in [1.29, 1.82) is 5.26 Å². The van der Waals surface area contributed by atoms with Crippen molar-refractivity contribution in [3.63, 3.8) is 0 Å². The average Bonchev–Trinajstić information content (AvgIpc) is 3.49. The van der Waals surface area contributed by atoms with Gasteiger partial charge in [0, 0.05) is 31.9 Å². The van der Waals surface area contributed by atoms with E-state index in [9.17, 15) is 10.1 Å². The first-order valence-corrected chi connectivity index (χ1v) is 12.2. The van der Waals surface area contributed by atoms with Gasteiger partial charge in [0.15, 0.2) is 0 Å². The Morgan fingerprint density at radius 2 is 1.91 bits per heavy atom. The maximum absolute atomic E-state index is 12.5. The number of allylic oxidation sites excluding steroid dienone is 1. The van der Waals surface area contributed by atoms with Gasteiger partial charge in [0.1, 0.15) is 28.2 Å². The molecule has 2 aromatic carbocycles. The molecule has 34 heavy (non-hydrogen) atoms. The highest BCUT2D eigenvalue weighted by Gasteiger charge is 2.15. The van der Waals surface area contributed by atoms with Crippen molar-refractivity contribution in [2.75, 3.05) is 0 Å². The molecule has 5 aromatic rings. The molecule has 5 nitrogen and oxygen atoms in total. The Kier molecular flexibility index (Phi) is 6.15. The summed E-state index contributed by atoms with van der Waals surface area (Å²) in [6, 6.07) is 17.8. The lowest BCUT2D eigenvalue weighted by Gasteiger charge is -2.01. The van der Waals surface area contributed by atoms with Crippen LogP contribution in [0.4, 0.5) is 0 Å². The highest BCUT2D eigenvalue weighted by atomic mass is 79.9. The van der Waals surface area contributed by atoms with Gasteiger partial charge >= 0.3 is 5.63 Å². The summed E-state index contributed by atoms with van der Waals surface area (Å²) in [5.41, 5.74) is 1.69. The molecule has 3 heterocycles. The smallest absolute Gasteiger partial charge is 0.345 e. The van der Waals surface area contributed by atoms with Crippen molar-refractivity contribution in [1.82, 2.24) is 4.98 Å². The van der Waals surface area contributed by atoms with E-state index in [1.54, 1.807) is 60.0 Å². The molecule has 9 heteroatoms. The van der Waals surface area contributed by atoms with Crippen LogP contribution in [-0.2, 0) is 0 Å². The minimum atomic E-state index is -0.497. The lowest BCUT2D eigenvalue weighted by atomic mass is 10.1. The van der Waals surface area contributed by atoms with Crippen molar-refractivity contribution in [3.05, 3.63) is 95.7 Å². The molecule has 0 N–H and O–H groups in total. The van der Waals surface area contributed by atoms with E-state index in [0.717, 1.165) is 9.86 Å². The number of hydrogen-bond donors (Lipinski definition) is 0. The Labute approximate surface area is 215 Å². The Morgan fingerprint density at radius 3 is 2.74 bits per heavy atom. The molecular formula is C25H11BrCl2N2O3S. The number of thiazole rings is 1. The van der Waals surface area contributed by atoms with Crippen molar-refractivity contribution >= 4 is 73.1 Å². The minimum absolute atomic E-state index is 0.294. The second kappa shape index (κ2) is 9.24. The number of halogens is 3. The molecule has 0 saturated carbocycles. The SMILES string of the molecule is N#CC(=Cc1ccc(-c2cc(Cl)ccc2Cl)o1)c1nc(-c2cc3cc(Br)ccc3oc2=O)cs1. The quantitative estimate of drug-likeness (QED) is 0.160. The van der Waals surface area contributed by atoms with Gasteiger partial charge in [-0.3, -0.25) is 0 Å². The van der Waals surface area contributed by atoms with Gasteiger partial charge in [-0.25, -0.2) is 9.78 Å². The monoisotopic (exact) mass is 568 g/mol. The van der Waals surface area contributed by atoms with Gasteiger partial charge < -0.3 is 8.83 Å². The van der Waals surface area contributed by atoms with Gasteiger partial charge in [0.2, 0.25) is 0 Å².